The highest BCUT2D eigenvalue weighted by molar-refractivity contribution is 5.91. The molecule has 0 aliphatic heterocycles. The Labute approximate surface area is 117 Å². The number of hydrogen-bond acceptors (Lipinski definition) is 3. The zero-order valence-corrected chi connectivity index (χ0v) is 11.3. The Morgan fingerprint density at radius 2 is 1.85 bits per heavy atom. The summed E-state index contributed by atoms with van der Waals surface area (Å²) < 4.78 is 0. The molecule has 4 nitrogen and oxygen atoms in total. The van der Waals surface area contributed by atoms with Gasteiger partial charge in [-0.15, -0.1) is 0 Å². The van der Waals surface area contributed by atoms with Gasteiger partial charge in [-0.05, 0) is 42.7 Å². The fourth-order valence-electron chi connectivity index (χ4n) is 1.93. The predicted molar refractivity (Wildman–Crippen MR) is 77.9 cm³/mol. The number of anilines is 1. The number of carbonyl (C=O) groups is 1. The van der Waals surface area contributed by atoms with Crippen molar-refractivity contribution in [3.63, 3.8) is 0 Å². The zero-order valence-electron chi connectivity index (χ0n) is 11.3. The first-order valence-corrected chi connectivity index (χ1v) is 6.42. The summed E-state index contributed by atoms with van der Waals surface area (Å²) in [5.41, 5.74) is 2.42. The van der Waals surface area contributed by atoms with Crippen LogP contribution in [0.2, 0.25) is 0 Å². The van der Waals surface area contributed by atoms with Crippen molar-refractivity contribution in [3.05, 3.63) is 53.6 Å². The van der Waals surface area contributed by atoms with E-state index < -0.39 is 0 Å². The minimum absolute atomic E-state index is 0.123. The number of phenols is 2. The lowest BCUT2D eigenvalue weighted by atomic mass is 10.1. The van der Waals surface area contributed by atoms with Crippen LogP contribution in [-0.4, -0.2) is 16.1 Å². The van der Waals surface area contributed by atoms with Crippen molar-refractivity contribution in [2.45, 2.75) is 19.8 Å². The zero-order chi connectivity index (χ0) is 14.5. The number of hydrogen-bond donors (Lipinski definition) is 3. The SMILES string of the molecule is Cc1ccc(O)cc1NC(=O)CCc1cccc(O)c1. The summed E-state index contributed by atoms with van der Waals surface area (Å²) in [6.07, 6.45) is 0.872. The van der Waals surface area contributed by atoms with Crippen LogP contribution in [0.3, 0.4) is 0 Å². The Morgan fingerprint density at radius 1 is 1.10 bits per heavy atom. The summed E-state index contributed by atoms with van der Waals surface area (Å²) in [7, 11) is 0. The molecule has 0 radical (unpaired) electrons. The maximum absolute atomic E-state index is 11.9. The smallest absolute Gasteiger partial charge is 0.224 e. The highest BCUT2D eigenvalue weighted by Gasteiger charge is 2.06. The van der Waals surface area contributed by atoms with E-state index in [9.17, 15) is 15.0 Å². The number of aromatic hydroxyl groups is 2. The second-order valence-electron chi connectivity index (χ2n) is 4.72. The molecule has 0 atom stereocenters. The van der Waals surface area contributed by atoms with Crippen LogP contribution < -0.4 is 5.32 Å². The third kappa shape index (κ3) is 3.75. The van der Waals surface area contributed by atoms with Crippen molar-refractivity contribution in [1.82, 2.24) is 0 Å². The quantitative estimate of drug-likeness (QED) is 0.800. The van der Waals surface area contributed by atoms with E-state index in [2.05, 4.69) is 5.32 Å². The van der Waals surface area contributed by atoms with Crippen LogP contribution in [0.1, 0.15) is 17.5 Å². The van der Waals surface area contributed by atoms with Crippen molar-refractivity contribution < 1.29 is 15.0 Å². The minimum Gasteiger partial charge on any atom is -0.508 e. The monoisotopic (exact) mass is 271 g/mol. The molecule has 0 heterocycles. The number of phenolic OH excluding ortho intramolecular Hbond substituents is 2. The molecule has 1 amide bonds. The van der Waals surface area contributed by atoms with E-state index in [1.54, 1.807) is 30.3 Å². The number of aryl methyl sites for hydroxylation is 2. The maximum atomic E-state index is 11.9. The molecule has 0 unspecified atom stereocenters. The van der Waals surface area contributed by atoms with Gasteiger partial charge in [0.2, 0.25) is 5.91 Å². The van der Waals surface area contributed by atoms with Crippen LogP contribution in [0.25, 0.3) is 0 Å². The second-order valence-corrected chi connectivity index (χ2v) is 4.72. The molecule has 104 valence electrons. The largest absolute Gasteiger partial charge is 0.508 e. The number of rotatable bonds is 4. The van der Waals surface area contributed by atoms with Crippen molar-refractivity contribution in [1.29, 1.82) is 0 Å². The predicted octanol–water partition coefficient (Wildman–Crippen LogP) is 2.98. The van der Waals surface area contributed by atoms with Crippen LogP contribution in [0.5, 0.6) is 11.5 Å². The van der Waals surface area contributed by atoms with E-state index in [4.69, 9.17) is 0 Å². The van der Waals surface area contributed by atoms with Crippen molar-refractivity contribution in [3.8, 4) is 11.5 Å². The van der Waals surface area contributed by atoms with Crippen LogP contribution in [0.4, 0.5) is 5.69 Å². The highest BCUT2D eigenvalue weighted by Crippen LogP contribution is 2.21. The van der Waals surface area contributed by atoms with Gasteiger partial charge in [-0.2, -0.15) is 0 Å². The van der Waals surface area contributed by atoms with Gasteiger partial charge >= 0.3 is 0 Å². The number of nitrogens with one attached hydrogen (secondary N) is 1. The molecule has 2 aromatic rings. The number of benzene rings is 2. The molecular weight excluding hydrogens is 254 g/mol. The summed E-state index contributed by atoms with van der Waals surface area (Å²) in [6.45, 7) is 1.87. The topological polar surface area (TPSA) is 69.6 Å². The van der Waals surface area contributed by atoms with E-state index in [1.165, 1.54) is 6.07 Å². The van der Waals surface area contributed by atoms with Crippen molar-refractivity contribution in [2.24, 2.45) is 0 Å². The third-order valence-corrected chi connectivity index (χ3v) is 3.05. The molecule has 0 aromatic heterocycles. The number of amides is 1. The Morgan fingerprint density at radius 3 is 2.60 bits per heavy atom. The molecule has 0 saturated heterocycles. The average Bonchev–Trinajstić information content (AvgIpc) is 2.41. The van der Waals surface area contributed by atoms with Gasteiger partial charge < -0.3 is 15.5 Å². The van der Waals surface area contributed by atoms with Gasteiger partial charge in [0.25, 0.3) is 0 Å². The lowest BCUT2D eigenvalue weighted by molar-refractivity contribution is -0.116. The van der Waals surface area contributed by atoms with Crippen LogP contribution in [-0.2, 0) is 11.2 Å². The molecule has 0 saturated carbocycles. The van der Waals surface area contributed by atoms with Gasteiger partial charge in [-0.3, -0.25) is 4.79 Å². The lowest BCUT2D eigenvalue weighted by Crippen LogP contribution is -2.13. The summed E-state index contributed by atoms with van der Waals surface area (Å²) in [6, 6.07) is 11.7. The molecule has 3 N–H and O–H groups in total. The average molecular weight is 271 g/mol. The highest BCUT2D eigenvalue weighted by atomic mass is 16.3. The van der Waals surface area contributed by atoms with E-state index in [0.29, 0.717) is 18.5 Å². The van der Waals surface area contributed by atoms with Gasteiger partial charge in [-0.1, -0.05) is 18.2 Å². The molecule has 4 heteroatoms. The normalized spacial score (nSPS) is 10.2. The molecule has 20 heavy (non-hydrogen) atoms. The molecule has 0 aliphatic rings. The van der Waals surface area contributed by atoms with Crippen LogP contribution in [0, 0.1) is 6.92 Å². The molecule has 2 rings (SSSR count). The van der Waals surface area contributed by atoms with E-state index in [-0.39, 0.29) is 17.4 Å². The Hall–Kier alpha value is -2.49. The lowest BCUT2D eigenvalue weighted by Gasteiger charge is -2.09. The Kier molecular flexibility index (Phi) is 4.25. The molecular formula is C16H17NO3. The molecule has 2 aromatic carbocycles. The van der Waals surface area contributed by atoms with E-state index in [0.717, 1.165) is 11.1 Å². The Bertz CT molecular complexity index is 623. The van der Waals surface area contributed by atoms with Crippen molar-refractivity contribution in [2.75, 3.05) is 5.32 Å². The fourth-order valence-corrected chi connectivity index (χ4v) is 1.93. The summed E-state index contributed by atoms with van der Waals surface area (Å²) >= 11 is 0. The summed E-state index contributed by atoms with van der Waals surface area (Å²) in [5, 5.41) is 21.5. The second kappa shape index (κ2) is 6.10. The van der Waals surface area contributed by atoms with Gasteiger partial charge in [0.15, 0.2) is 0 Å². The van der Waals surface area contributed by atoms with Crippen molar-refractivity contribution >= 4 is 11.6 Å². The minimum atomic E-state index is -0.123. The van der Waals surface area contributed by atoms with Gasteiger partial charge in [0, 0.05) is 18.2 Å². The van der Waals surface area contributed by atoms with Gasteiger partial charge in [0.05, 0.1) is 0 Å². The van der Waals surface area contributed by atoms with Crippen LogP contribution >= 0.6 is 0 Å². The molecule has 0 bridgehead atoms. The van der Waals surface area contributed by atoms with Crippen LogP contribution in [0.15, 0.2) is 42.5 Å². The molecule has 0 aliphatic carbocycles. The van der Waals surface area contributed by atoms with Gasteiger partial charge in [0.1, 0.15) is 11.5 Å². The number of carbonyl (C=O) groups excluding carboxylic acids is 1. The van der Waals surface area contributed by atoms with Gasteiger partial charge in [-0.25, -0.2) is 0 Å². The first kappa shape index (κ1) is 13.9. The fraction of sp³-hybridized carbons (Fsp3) is 0.188. The molecule has 0 fully saturated rings. The summed E-state index contributed by atoms with van der Waals surface area (Å²) in [4.78, 5) is 11.9. The van der Waals surface area contributed by atoms with E-state index >= 15 is 0 Å². The van der Waals surface area contributed by atoms with E-state index in [1.807, 2.05) is 13.0 Å². The third-order valence-electron chi connectivity index (χ3n) is 3.05. The first-order chi connectivity index (χ1) is 9.54. The first-order valence-electron chi connectivity index (χ1n) is 6.42. The standard InChI is InChI=1S/C16H17NO3/c1-11-5-7-14(19)10-15(11)17-16(20)8-6-12-3-2-4-13(18)9-12/h2-5,7,9-10,18-19H,6,8H2,1H3,(H,17,20). The maximum Gasteiger partial charge on any atom is 0.224 e. The Balaban J connectivity index is 1.94. The molecule has 0 spiro atoms. The summed E-state index contributed by atoms with van der Waals surface area (Å²) in [5.74, 6) is 0.202.